The third kappa shape index (κ3) is 4.73. The average Bonchev–Trinajstić information content (AvgIpc) is 3.37. The van der Waals surface area contributed by atoms with Crippen LogP contribution in [0.3, 0.4) is 0 Å². The standard InChI is InChI=1S/C24H43FN2O2S/c1-21(2,28-17-24-9-7-11-27(24)16-20(25)14-24)12-19-13-23(8-6-10-26(23)15-19)18-29-22(3,4)30-5/h19-20H,6-18H2,1-5H3. The monoisotopic (exact) mass is 442 g/mol. The van der Waals surface area contributed by atoms with Crippen LogP contribution >= 0.6 is 11.8 Å². The van der Waals surface area contributed by atoms with Crippen molar-refractivity contribution < 1.29 is 13.9 Å². The minimum atomic E-state index is -0.676. The fourth-order valence-corrected chi connectivity index (χ4v) is 6.86. The number of ether oxygens (including phenoxy) is 2. The molecule has 0 spiro atoms. The van der Waals surface area contributed by atoms with E-state index in [2.05, 4.69) is 43.8 Å². The number of hydrogen-bond donors (Lipinski definition) is 0. The maximum Gasteiger partial charge on any atom is 0.115 e. The summed E-state index contributed by atoms with van der Waals surface area (Å²) in [5, 5.41) is 0. The van der Waals surface area contributed by atoms with Crippen molar-refractivity contribution in [2.45, 2.75) is 100 Å². The van der Waals surface area contributed by atoms with E-state index in [0.717, 1.165) is 26.0 Å². The highest BCUT2D eigenvalue weighted by Gasteiger charge is 2.52. The lowest BCUT2D eigenvalue weighted by Gasteiger charge is -2.37. The SMILES string of the molecule is CSC(C)(C)OCC12CCCN1CC(CC(C)(C)OCC13CCCN1CC(F)C3)C2. The van der Waals surface area contributed by atoms with Crippen LogP contribution < -0.4 is 0 Å². The van der Waals surface area contributed by atoms with Crippen molar-refractivity contribution in [3.63, 3.8) is 0 Å². The first-order valence-corrected chi connectivity index (χ1v) is 13.3. The molecule has 0 radical (unpaired) electrons. The Kier molecular flexibility index (Phi) is 6.58. The Labute approximate surface area is 187 Å². The smallest absolute Gasteiger partial charge is 0.115 e. The molecule has 4 atom stereocenters. The summed E-state index contributed by atoms with van der Waals surface area (Å²) in [5.74, 6) is 0.649. The molecule has 4 fully saturated rings. The lowest BCUT2D eigenvalue weighted by atomic mass is 9.85. The van der Waals surface area contributed by atoms with Gasteiger partial charge in [0.25, 0.3) is 0 Å². The molecule has 6 heteroatoms. The van der Waals surface area contributed by atoms with Crippen LogP contribution in [0.1, 0.15) is 72.6 Å². The largest absolute Gasteiger partial charge is 0.374 e. The van der Waals surface area contributed by atoms with Crippen LogP contribution in [0.5, 0.6) is 0 Å². The van der Waals surface area contributed by atoms with Crippen LogP contribution in [0, 0.1) is 5.92 Å². The first-order valence-electron chi connectivity index (χ1n) is 12.0. The maximum atomic E-state index is 14.1. The number of rotatable bonds is 9. The Morgan fingerprint density at radius 1 is 0.933 bits per heavy atom. The van der Waals surface area contributed by atoms with Gasteiger partial charge in [-0.15, -0.1) is 11.8 Å². The predicted octanol–water partition coefficient (Wildman–Crippen LogP) is 4.72. The van der Waals surface area contributed by atoms with Gasteiger partial charge in [0.15, 0.2) is 0 Å². The van der Waals surface area contributed by atoms with E-state index >= 15 is 0 Å². The van der Waals surface area contributed by atoms with E-state index < -0.39 is 6.17 Å². The maximum absolute atomic E-state index is 14.1. The Morgan fingerprint density at radius 2 is 1.53 bits per heavy atom. The first-order chi connectivity index (χ1) is 14.1. The van der Waals surface area contributed by atoms with Crippen LogP contribution in [0.2, 0.25) is 0 Å². The highest BCUT2D eigenvalue weighted by molar-refractivity contribution is 7.99. The fourth-order valence-electron chi connectivity index (χ4n) is 6.68. The van der Waals surface area contributed by atoms with Crippen LogP contribution in [0.25, 0.3) is 0 Å². The molecular formula is C24H43FN2O2S. The topological polar surface area (TPSA) is 24.9 Å². The summed E-state index contributed by atoms with van der Waals surface area (Å²) in [5.41, 5.74) is 0.0227. The molecule has 0 aliphatic carbocycles. The van der Waals surface area contributed by atoms with Gasteiger partial charge in [-0.05, 0) is 91.5 Å². The van der Waals surface area contributed by atoms with Crippen LogP contribution in [-0.4, -0.2) is 83.2 Å². The van der Waals surface area contributed by atoms with Crippen molar-refractivity contribution >= 4 is 11.8 Å². The zero-order valence-electron chi connectivity index (χ0n) is 19.8. The van der Waals surface area contributed by atoms with Gasteiger partial charge < -0.3 is 9.47 Å². The average molecular weight is 443 g/mol. The molecule has 4 unspecified atom stereocenters. The molecule has 174 valence electrons. The zero-order chi connectivity index (χ0) is 21.6. The lowest BCUT2D eigenvalue weighted by molar-refractivity contribution is -0.0742. The van der Waals surface area contributed by atoms with Crippen molar-refractivity contribution in [2.75, 3.05) is 45.6 Å². The molecule has 0 aromatic rings. The van der Waals surface area contributed by atoms with Crippen LogP contribution in [0.4, 0.5) is 4.39 Å². The number of alkyl halides is 1. The number of halogens is 1. The molecule has 4 aliphatic rings. The van der Waals surface area contributed by atoms with E-state index in [0.29, 0.717) is 25.5 Å². The molecule has 0 aromatic carbocycles. The Morgan fingerprint density at radius 3 is 2.20 bits per heavy atom. The van der Waals surface area contributed by atoms with Gasteiger partial charge in [0.05, 0.1) is 18.8 Å². The molecule has 4 nitrogen and oxygen atoms in total. The molecule has 0 N–H and O–H groups in total. The summed E-state index contributed by atoms with van der Waals surface area (Å²) in [6, 6.07) is 0. The summed E-state index contributed by atoms with van der Waals surface area (Å²) in [7, 11) is 0. The molecule has 4 heterocycles. The Hall–Kier alpha value is 0.120. The number of hydrogen-bond acceptors (Lipinski definition) is 5. The van der Waals surface area contributed by atoms with E-state index in [-0.39, 0.29) is 21.6 Å². The van der Waals surface area contributed by atoms with Gasteiger partial charge >= 0.3 is 0 Å². The zero-order valence-corrected chi connectivity index (χ0v) is 20.7. The molecule has 0 amide bonds. The minimum absolute atomic E-state index is 0.0369. The van der Waals surface area contributed by atoms with Crippen LogP contribution in [0.15, 0.2) is 0 Å². The molecule has 4 rings (SSSR count). The quantitative estimate of drug-likeness (QED) is 0.481. The number of fused-ring (bicyclic) bond motifs is 2. The van der Waals surface area contributed by atoms with Gasteiger partial charge in [-0.2, -0.15) is 0 Å². The second-order valence-electron chi connectivity index (χ2n) is 11.6. The molecular weight excluding hydrogens is 399 g/mol. The fraction of sp³-hybridized carbons (Fsp3) is 1.00. The van der Waals surface area contributed by atoms with Gasteiger partial charge in [-0.1, -0.05) is 0 Å². The third-order valence-corrected chi connectivity index (χ3v) is 9.44. The normalized spacial score (nSPS) is 37.8. The highest BCUT2D eigenvalue weighted by atomic mass is 32.2. The van der Waals surface area contributed by atoms with Gasteiger partial charge in [-0.25, -0.2) is 4.39 Å². The Balaban J connectivity index is 1.33. The predicted molar refractivity (Wildman–Crippen MR) is 123 cm³/mol. The van der Waals surface area contributed by atoms with Crippen molar-refractivity contribution in [2.24, 2.45) is 5.92 Å². The van der Waals surface area contributed by atoms with E-state index in [1.807, 2.05) is 0 Å². The van der Waals surface area contributed by atoms with E-state index in [1.165, 1.54) is 38.8 Å². The molecule has 30 heavy (non-hydrogen) atoms. The second kappa shape index (κ2) is 8.48. The minimum Gasteiger partial charge on any atom is -0.374 e. The van der Waals surface area contributed by atoms with Gasteiger partial charge in [0.2, 0.25) is 0 Å². The first kappa shape index (κ1) is 23.3. The van der Waals surface area contributed by atoms with Gasteiger partial charge in [-0.3, -0.25) is 9.80 Å². The van der Waals surface area contributed by atoms with Crippen molar-refractivity contribution in [1.82, 2.24) is 9.80 Å². The van der Waals surface area contributed by atoms with E-state index in [1.54, 1.807) is 11.8 Å². The van der Waals surface area contributed by atoms with E-state index in [9.17, 15) is 4.39 Å². The lowest BCUT2D eigenvalue weighted by Crippen LogP contribution is -2.45. The van der Waals surface area contributed by atoms with Crippen molar-refractivity contribution in [1.29, 1.82) is 0 Å². The highest BCUT2D eigenvalue weighted by Crippen LogP contribution is 2.46. The van der Waals surface area contributed by atoms with E-state index in [4.69, 9.17) is 9.47 Å². The van der Waals surface area contributed by atoms with Gasteiger partial charge in [0.1, 0.15) is 11.1 Å². The molecule has 0 saturated carbocycles. The molecule has 4 aliphatic heterocycles. The second-order valence-corrected chi connectivity index (χ2v) is 13.0. The number of nitrogens with zero attached hydrogens (tertiary/aromatic N) is 2. The summed E-state index contributed by atoms with van der Waals surface area (Å²) < 4.78 is 27.0. The number of thioether (sulfide) groups is 1. The molecule has 4 saturated heterocycles. The van der Waals surface area contributed by atoms with Gasteiger partial charge in [0, 0.05) is 30.6 Å². The summed E-state index contributed by atoms with van der Waals surface area (Å²) in [6.45, 7) is 14.4. The summed E-state index contributed by atoms with van der Waals surface area (Å²) in [4.78, 5) is 4.94. The molecule has 0 aromatic heterocycles. The summed E-state index contributed by atoms with van der Waals surface area (Å²) >= 11 is 1.79. The molecule has 0 bridgehead atoms. The summed E-state index contributed by atoms with van der Waals surface area (Å²) in [6.07, 6.45) is 9.22. The third-order valence-electron chi connectivity index (χ3n) is 8.34. The van der Waals surface area contributed by atoms with Crippen molar-refractivity contribution in [3.05, 3.63) is 0 Å². The van der Waals surface area contributed by atoms with Crippen molar-refractivity contribution in [3.8, 4) is 0 Å². The Bertz CT molecular complexity index is 618. The van der Waals surface area contributed by atoms with Crippen LogP contribution in [-0.2, 0) is 9.47 Å².